The first kappa shape index (κ1) is 30.9. The van der Waals surface area contributed by atoms with E-state index in [1.54, 1.807) is 0 Å². The summed E-state index contributed by atoms with van der Waals surface area (Å²) in [6.45, 7) is -1.48. The second-order valence-corrected chi connectivity index (χ2v) is 8.90. The molecule has 40 heavy (non-hydrogen) atoms. The molecule has 0 aliphatic carbocycles. The highest BCUT2D eigenvalue weighted by Gasteiger charge is 2.44. The van der Waals surface area contributed by atoms with Crippen LogP contribution in [0.1, 0.15) is 29.6 Å². The molecule has 2 atom stereocenters. The monoisotopic (exact) mass is 578 g/mol. The average molecular weight is 579 g/mol. The summed E-state index contributed by atoms with van der Waals surface area (Å²) in [5, 5.41) is 32.7. The first-order chi connectivity index (χ1) is 18.8. The van der Waals surface area contributed by atoms with Gasteiger partial charge in [-0.05, 0) is 18.6 Å². The molecule has 0 bridgehead atoms. The number of carbonyl (C=O) groups excluding carboxylic acids is 1. The second kappa shape index (κ2) is 13.6. The van der Waals surface area contributed by atoms with Crippen molar-refractivity contribution in [3.63, 3.8) is 0 Å². The van der Waals surface area contributed by atoms with Gasteiger partial charge in [0, 0.05) is 39.1 Å². The minimum atomic E-state index is -4.52. The molecule has 3 heterocycles. The number of hydrogen-bond donors (Lipinski definition) is 4. The van der Waals surface area contributed by atoms with Crippen LogP contribution in [0.15, 0.2) is 46.8 Å². The zero-order valence-electron chi connectivity index (χ0n) is 21.2. The Morgan fingerprint density at radius 3 is 2.75 bits per heavy atom. The predicted molar refractivity (Wildman–Crippen MR) is 127 cm³/mol. The van der Waals surface area contributed by atoms with Crippen LogP contribution >= 0.6 is 0 Å². The highest BCUT2D eigenvalue weighted by atomic mass is 19.4. The van der Waals surface area contributed by atoms with Gasteiger partial charge < -0.3 is 15.7 Å². The van der Waals surface area contributed by atoms with Crippen molar-refractivity contribution in [1.29, 1.82) is 0 Å². The molecule has 12 nitrogen and oxygen atoms in total. The van der Waals surface area contributed by atoms with Crippen molar-refractivity contribution in [1.82, 2.24) is 40.8 Å². The number of aliphatic hydroxyl groups is 1. The van der Waals surface area contributed by atoms with Crippen molar-refractivity contribution in [2.75, 3.05) is 33.2 Å². The van der Waals surface area contributed by atoms with Gasteiger partial charge in [-0.15, -0.1) is 10.2 Å². The fourth-order valence-corrected chi connectivity index (χ4v) is 3.57. The number of rotatable bonds is 14. The average Bonchev–Trinajstić information content (AvgIpc) is 3.34. The summed E-state index contributed by atoms with van der Waals surface area (Å²) >= 11 is 0. The molecule has 0 aromatic carbocycles. The molecular formula is C22H28F6N10O2. The number of aryl methyl sites for hydroxylation is 1. The van der Waals surface area contributed by atoms with Gasteiger partial charge in [0.25, 0.3) is 5.92 Å². The summed E-state index contributed by atoms with van der Waals surface area (Å²) in [5.74, 6) is -3.38. The maximum atomic E-state index is 14.4. The lowest BCUT2D eigenvalue weighted by Gasteiger charge is -2.37. The molecular weight excluding hydrogens is 550 g/mol. The van der Waals surface area contributed by atoms with Crippen LogP contribution in [-0.4, -0.2) is 81.2 Å². The fourth-order valence-electron chi connectivity index (χ4n) is 3.57. The molecule has 0 spiro atoms. The maximum absolute atomic E-state index is 14.4. The summed E-state index contributed by atoms with van der Waals surface area (Å²) < 4.78 is 79.9. The Kier molecular flexibility index (Phi) is 10.5. The van der Waals surface area contributed by atoms with Crippen LogP contribution in [0.25, 0.3) is 0 Å². The second-order valence-electron chi connectivity index (χ2n) is 8.90. The number of likely N-dealkylation sites (tertiary alicyclic amines) is 1. The Morgan fingerprint density at radius 1 is 1.32 bits per heavy atom. The van der Waals surface area contributed by atoms with E-state index in [0.29, 0.717) is 0 Å². The predicted octanol–water partition coefficient (Wildman–Crippen LogP) is 1.74. The van der Waals surface area contributed by atoms with E-state index in [1.807, 2.05) is 0 Å². The lowest BCUT2D eigenvalue weighted by Crippen LogP contribution is -2.58. The Bertz CT molecular complexity index is 1180. The molecule has 4 N–H and O–H groups in total. The highest BCUT2D eigenvalue weighted by molar-refractivity contribution is 5.79. The first-order valence-electron chi connectivity index (χ1n) is 12.0. The largest absolute Gasteiger partial charge is 0.416 e. The van der Waals surface area contributed by atoms with Crippen LogP contribution < -0.4 is 16.0 Å². The van der Waals surface area contributed by atoms with Gasteiger partial charge in [-0.1, -0.05) is 5.21 Å². The van der Waals surface area contributed by atoms with E-state index in [9.17, 15) is 36.2 Å². The number of azo groups is 1. The van der Waals surface area contributed by atoms with E-state index in [0.717, 1.165) is 18.3 Å². The van der Waals surface area contributed by atoms with Crippen molar-refractivity contribution < 1.29 is 36.2 Å². The Hall–Kier alpha value is -3.64. The molecule has 220 valence electrons. The third-order valence-corrected chi connectivity index (χ3v) is 5.46. The molecule has 1 fully saturated rings. The maximum Gasteiger partial charge on any atom is 0.416 e. The van der Waals surface area contributed by atoms with E-state index < -0.39 is 49.1 Å². The first-order valence-corrected chi connectivity index (χ1v) is 12.0. The third-order valence-electron chi connectivity index (χ3n) is 5.46. The molecule has 2 aromatic heterocycles. The number of aromatic nitrogens is 4. The molecule has 2 aromatic rings. The fraction of sp³-hybridized carbons (Fsp3) is 0.545. The zero-order chi connectivity index (χ0) is 29.3. The molecule has 1 saturated heterocycles. The summed E-state index contributed by atoms with van der Waals surface area (Å²) in [6.07, 6.45) is -3.62. The van der Waals surface area contributed by atoms with Crippen molar-refractivity contribution in [2.45, 2.75) is 44.0 Å². The Balaban J connectivity index is 1.39. The summed E-state index contributed by atoms with van der Waals surface area (Å²) in [4.78, 5) is 17.1. The van der Waals surface area contributed by atoms with Crippen molar-refractivity contribution in [3.05, 3.63) is 53.5 Å². The van der Waals surface area contributed by atoms with E-state index >= 15 is 0 Å². The number of nitrogens with zero attached hydrogens (tertiary/aromatic N) is 7. The van der Waals surface area contributed by atoms with Crippen LogP contribution in [0.3, 0.4) is 0 Å². The number of nitrogens with one attached hydrogen (secondary N) is 3. The van der Waals surface area contributed by atoms with Crippen LogP contribution in [0.2, 0.25) is 0 Å². The molecule has 1 aliphatic heterocycles. The van der Waals surface area contributed by atoms with Crippen LogP contribution in [0.4, 0.5) is 26.3 Å². The molecule has 0 saturated carbocycles. The molecule has 2 unspecified atom stereocenters. The number of amides is 1. The topological polar surface area (TPSA) is 145 Å². The Morgan fingerprint density at radius 2 is 2.08 bits per heavy atom. The summed E-state index contributed by atoms with van der Waals surface area (Å²) in [6, 6.07) is 1.70. The highest BCUT2D eigenvalue weighted by Crippen LogP contribution is 2.29. The molecule has 1 aliphatic rings. The number of halogens is 6. The van der Waals surface area contributed by atoms with Gasteiger partial charge in [-0.3, -0.25) is 24.7 Å². The minimum absolute atomic E-state index is 0.00147. The number of hydrogen-bond acceptors (Lipinski definition) is 10. The number of pyridine rings is 1. The number of aliphatic hydroxyl groups excluding tert-OH is 1. The summed E-state index contributed by atoms with van der Waals surface area (Å²) in [7, 11) is 1.36. The quantitative estimate of drug-likeness (QED) is 0.151. The van der Waals surface area contributed by atoms with Gasteiger partial charge in [0.2, 0.25) is 5.91 Å². The van der Waals surface area contributed by atoms with E-state index in [1.165, 1.54) is 29.0 Å². The lowest BCUT2D eigenvalue weighted by atomic mass is 10.1. The molecule has 18 heteroatoms. The molecule has 0 radical (unpaired) electrons. The van der Waals surface area contributed by atoms with Crippen molar-refractivity contribution in [2.24, 2.45) is 10.2 Å². The number of carbonyl (C=O) groups is 1. The zero-order valence-corrected chi connectivity index (χ0v) is 21.2. The van der Waals surface area contributed by atoms with Crippen molar-refractivity contribution in [3.8, 4) is 0 Å². The van der Waals surface area contributed by atoms with E-state index in [2.05, 4.69) is 41.5 Å². The van der Waals surface area contributed by atoms with E-state index in [-0.39, 0.29) is 49.8 Å². The van der Waals surface area contributed by atoms with Crippen molar-refractivity contribution >= 4 is 5.91 Å². The smallest absolute Gasteiger partial charge is 0.385 e. The number of alkyl halides is 6. The van der Waals surface area contributed by atoms with Crippen LogP contribution in [0, 0.1) is 0 Å². The normalized spacial score (nSPS) is 17.4. The van der Waals surface area contributed by atoms with Gasteiger partial charge in [0.1, 0.15) is 11.9 Å². The van der Waals surface area contributed by atoms with Crippen LogP contribution in [0.5, 0.6) is 0 Å². The molecule has 3 rings (SSSR count). The van der Waals surface area contributed by atoms with Gasteiger partial charge in [-0.2, -0.15) is 18.3 Å². The standard InChI is InChI=1S/C22H28F6N10O2/c1-29-35-18(33-19(39)11-37-12-21(24,25)13-37)9-30-7-15(23)3-5-38-10-17(34-36-38)20(40)32-8-16-6-14(2-4-31-16)22(26,27)28/h2,4,6,9-10,15,20,30,32,40H,3,5,7-8,11-13H2,1H3,(H,33,39)/b18-9-,35-29-. The third kappa shape index (κ3) is 9.83. The van der Waals surface area contributed by atoms with Gasteiger partial charge in [0.15, 0.2) is 12.0 Å². The molecule has 1 amide bonds. The van der Waals surface area contributed by atoms with Gasteiger partial charge in [-0.25, -0.2) is 13.2 Å². The van der Waals surface area contributed by atoms with E-state index in [4.69, 9.17) is 0 Å². The van der Waals surface area contributed by atoms with Crippen LogP contribution in [-0.2, 0) is 24.1 Å². The summed E-state index contributed by atoms with van der Waals surface area (Å²) in [5.41, 5.74) is -0.721. The lowest BCUT2D eigenvalue weighted by molar-refractivity contribution is -0.143. The van der Waals surface area contributed by atoms with Gasteiger partial charge in [0.05, 0.1) is 37.1 Å². The van der Waals surface area contributed by atoms with Gasteiger partial charge >= 0.3 is 6.18 Å². The Labute approximate surface area is 224 Å². The minimum Gasteiger partial charge on any atom is -0.385 e. The SMILES string of the molecule is C/N=N\C(=C/NCC(F)CCn1cc(C(O)NCc2cc(C(F)(F)F)ccn2)nn1)NC(=O)CN1CC(F)(F)C1.